The summed E-state index contributed by atoms with van der Waals surface area (Å²) in [6.45, 7) is 4.88. The van der Waals surface area contributed by atoms with E-state index in [2.05, 4.69) is 20.2 Å². The summed E-state index contributed by atoms with van der Waals surface area (Å²) in [5, 5.41) is 3.61. The van der Waals surface area contributed by atoms with E-state index >= 15 is 0 Å². The third-order valence-electron chi connectivity index (χ3n) is 2.95. The summed E-state index contributed by atoms with van der Waals surface area (Å²) in [6, 6.07) is 0. The van der Waals surface area contributed by atoms with Gasteiger partial charge in [0.05, 0.1) is 18.9 Å². The van der Waals surface area contributed by atoms with E-state index in [9.17, 15) is 0 Å². The Hall–Kier alpha value is -0.620. The maximum absolute atomic E-state index is 5.94. The Morgan fingerprint density at radius 2 is 1.94 bits per heavy atom. The highest BCUT2D eigenvalue weighted by molar-refractivity contribution is 6.28. The molecule has 2 aliphatic heterocycles. The number of fused-ring (bicyclic) bond motifs is 1. The fourth-order valence-electron chi connectivity index (χ4n) is 2.16. The van der Waals surface area contributed by atoms with E-state index in [0.29, 0.717) is 5.28 Å². The second kappa shape index (κ2) is 5.35. The van der Waals surface area contributed by atoms with Crippen molar-refractivity contribution in [1.82, 2.24) is 15.3 Å². The van der Waals surface area contributed by atoms with Crippen molar-refractivity contribution < 1.29 is 4.74 Å². The van der Waals surface area contributed by atoms with Gasteiger partial charge in [-0.2, -0.15) is 0 Å². The fourth-order valence-corrected chi connectivity index (χ4v) is 2.34. The van der Waals surface area contributed by atoms with Gasteiger partial charge in [0, 0.05) is 31.7 Å². The number of anilines is 1. The Bertz CT molecular complexity index is 410. The van der Waals surface area contributed by atoms with E-state index in [4.69, 9.17) is 16.3 Å². The van der Waals surface area contributed by atoms with Crippen molar-refractivity contribution in [2.75, 3.05) is 31.2 Å². The van der Waals surface area contributed by atoms with Crippen LogP contribution in [0.25, 0.3) is 0 Å². The number of ether oxygens (including phenoxy) is 1. The fraction of sp³-hybridized carbons (Fsp3) is 0.600. The van der Waals surface area contributed by atoms with Crippen LogP contribution in [-0.2, 0) is 17.8 Å². The minimum atomic E-state index is 0. The van der Waals surface area contributed by atoms with Gasteiger partial charge >= 0.3 is 0 Å². The molecular weight excluding hydrogens is 263 g/mol. The van der Waals surface area contributed by atoms with Gasteiger partial charge in [0.2, 0.25) is 5.28 Å². The van der Waals surface area contributed by atoms with Crippen LogP contribution in [0.3, 0.4) is 0 Å². The quantitative estimate of drug-likeness (QED) is 0.776. The highest BCUT2D eigenvalue weighted by Gasteiger charge is 2.23. The van der Waals surface area contributed by atoms with E-state index in [-0.39, 0.29) is 12.4 Å². The maximum Gasteiger partial charge on any atom is 0.224 e. The van der Waals surface area contributed by atoms with Gasteiger partial charge in [0.25, 0.3) is 0 Å². The SMILES string of the molecule is Cl.Clc1nc2c(c(N3CCOCC3)n1)CNC2. The highest BCUT2D eigenvalue weighted by Crippen LogP contribution is 2.26. The van der Waals surface area contributed by atoms with E-state index in [1.807, 2.05) is 0 Å². The van der Waals surface area contributed by atoms with Crippen molar-refractivity contribution in [3.8, 4) is 0 Å². The molecule has 17 heavy (non-hydrogen) atoms. The Balaban J connectivity index is 0.00000108. The largest absolute Gasteiger partial charge is 0.378 e. The summed E-state index contributed by atoms with van der Waals surface area (Å²) in [5.74, 6) is 0.975. The summed E-state index contributed by atoms with van der Waals surface area (Å²) < 4.78 is 5.34. The van der Waals surface area contributed by atoms with Crippen LogP contribution in [0.1, 0.15) is 11.3 Å². The first-order chi connectivity index (χ1) is 7.84. The minimum Gasteiger partial charge on any atom is -0.378 e. The Labute approximate surface area is 111 Å². The first-order valence-corrected chi connectivity index (χ1v) is 5.81. The molecule has 1 N–H and O–H groups in total. The monoisotopic (exact) mass is 276 g/mol. The molecule has 0 aromatic carbocycles. The first kappa shape index (κ1) is 12.8. The summed E-state index contributed by atoms with van der Waals surface area (Å²) in [7, 11) is 0. The van der Waals surface area contributed by atoms with Crippen LogP contribution in [-0.4, -0.2) is 36.3 Å². The van der Waals surface area contributed by atoms with Crippen LogP contribution < -0.4 is 10.2 Å². The Morgan fingerprint density at radius 3 is 2.71 bits per heavy atom. The normalized spacial score (nSPS) is 18.8. The zero-order valence-corrected chi connectivity index (χ0v) is 10.9. The molecular formula is C10H14Cl2N4O. The zero-order chi connectivity index (χ0) is 11.0. The summed E-state index contributed by atoms with van der Waals surface area (Å²) in [6.07, 6.45) is 0. The van der Waals surface area contributed by atoms with Crippen molar-refractivity contribution >= 4 is 29.8 Å². The van der Waals surface area contributed by atoms with Crippen molar-refractivity contribution in [3.05, 3.63) is 16.5 Å². The second-order valence-electron chi connectivity index (χ2n) is 3.94. The van der Waals surface area contributed by atoms with Crippen molar-refractivity contribution in [1.29, 1.82) is 0 Å². The van der Waals surface area contributed by atoms with Crippen LogP contribution in [0.2, 0.25) is 5.28 Å². The summed E-state index contributed by atoms with van der Waals surface area (Å²) >= 11 is 5.94. The lowest BCUT2D eigenvalue weighted by atomic mass is 10.2. The third kappa shape index (κ3) is 2.47. The van der Waals surface area contributed by atoms with Crippen molar-refractivity contribution in [2.24, 2.45) is 0 Å². The van der Waals surface area contributed by atoms with E-state index in [0.717, 1.165) is 50.9 Å². The van der Waals surface area contributed by atoms with E-state index < -0.39 is 0 Å². The van der Waals surface area contributed by atoms with Gasteiger partial charge in [-0.05, 0) is 11.6 Å². The number of nitrogens with zero attached hydrogens (tertiary/aromatic N) is 3. The molecule has 7 heteroatoms. The van der Waals surface area contributed by atoms with Crippen LogP contribution in [0.5, 0.6) is 0 Å². The molecule has 0 unspecified atom stereocenters. The van der Waals surface area contributed by atoms with Crippen LogP contribution in [0.15, 0.2) is 0 Å². The lowest BCUT2D eigenvalue weighted by Gasteiger charge is -2.29. The predicted molar refractivity (Wildman–Crippen MR) is 67.9 cm³/mol. The van der Waals surface area contributed by atoms with Crippen LogP contribution in [0.4, 0.5) is 5.82 Å². The molecule has 3 heterocycles. The molecule has 1 aromatic heterocycles. The lowest BCUT2D eigenvalue weighted by Crippen LogP contribution is -2.37. The number of aromatic nitrogens is 2. The Morgan fingerprint density at radius 1 is 1.18 bits per heavy atom. The number of hydrogen-bond acceptors (Lipinski definition) is 5. The molecule has 0 aliphatic carbocycles. The standard InChI is InChI=1S/C10H13ClN4O.ClH/c11-10-13-8-6-12-5-7(8)9(14-10)15-1-3-16-4-2-15;/h12H,1-6H2;1H. The van der Waals surface area contributed by atoms with Gasteiger partial charge in [-0.25, -0.2) is 9.97 Å². The van der Waals surface area contributed by atoms with Gasteiger partial charge in [0.1, 0.15) is 5.82 Å². The van der Waals surface area contributed by atoms with Gasteiger partial charge in [0.15, 0.2) is 0 Å². The molecule has 0 bridgehead atoms. The molecule has 0 spiro atoms. The molecule has 1 fully saturated rings. The van der Waals surface area contributed by atoms with E-state index in [1.165, 1.54) is 5.56 Å². The lowest BCUT2D eigenvalue weighted by molar-refractivity contribution is 0.122. The van der Waals surface area contributed by atoms with Crippen LogP contribution in [0, 0.1) is 0 Å². The zero-order valence-electron chi connectivity index (χ0n) is 9.28. The van der Waals surface area contributed by atoms with Crippen molar-refractivity contribution in [3.63, 3.8) is 0 Å². The molecule has 1 aromatic rings. The van der Waals surface area contributed by atoms with Gasteiger partial charge in [-0.1, -0.05) is 0 Å². The van der Waals surface area contributed by atoms with Crippen LogP contribution >= 0.6 is 24.0 Å². The number of morpholine rings is 1. The summed E-state index contributed by atoms with van der Waals surface area (Å²) in [5.41, 5.74) is 2.22. The van der Waals surface area contributed by atoms with E-state index in [1.54, 1.807) is 0 Å². The molecule has 3 rings (SSSR count). The molecule has 0 atom stereocenters. The van der Waals surface area contributed by atoms with Gasteiger partial charge in [-0.15, -0.1) is 12.4 Å². The molecule has 0 radical (unpaired) electrons. The maximum atomic E-state index is 5.94. The average Bonchev–Trinajstić information content (AvgIpc) is 2.77. The number of halogens is 2. The average molecular weight is 277 g/mol. The third-order valence-corrected chi connectivity index (χ3v) is 3.12. The van der Waals surface area contributed by atoms with Crippen molar-refractivity contribution in [2.45, 2.75) is 13.1 Å². The predicted octanol–water partition coefficient (Wildman–Crippen LogP) is 0.992. The Kier molecular flexibility index (Phi) is 4.04. The molecule has 0 saturated carbocycles. The molecule has 5 nitrogen and oxygen atoms in total. The summed E-state index contributed by atoms with van der Waals surface area (Å²) in [4.78, 5) is 10.8. The topological polar surface area (TPSA) is 50.3 Å². The molecule has 0 amide bonds. The smallest absolute Gasteiger partial charge is 0.224 e. The van der Waals surface area contributed by atoms with Gasteiger partial charge in [-0.3, -0.25) is 0 Å². The molecule has 94 valence electrons. The minimum absolute atomic E-state index is 0. The number of nitrogens with one attached hydrogen (secondary N) is 1. The number of hydrogen-bond donors (Lipinski definition) is 1. The highest BCUT2D eigenvalue weighted by atomic mass is 35.5. The second-order valence-corrected chi connectivity index (χ2v) is 4.28. The van der Waals surface area contributed by atoms with Gasteiger partial charge < -0.3 is 15.0 Å². The molecule has 2 aliphatic rings. The number of rotatable bonds is 1. The molecule has 1 saturated heterocycles. The first-order valence-electron chi connectivity index (χ1n) is 5.43.